The summed E-state index contributed by atoms with van der Waals surface area (Å²) in [5, 5.41) is 8.05. The highest BCUT2D eigenvalue weighted by molar-refractivity contribution is 5.98. The van der Waals surface area contributed by atoms with Gasteiger partial charge in [0.25, 0.3) is 5.91 Å². The van der Waals surface area contributed by atoms with Crippen LogP contribution in [0.4, 0.5) is 10.6 Å². The van der Waals surface area contributed by atoms with Crippen LogP contribution in [0.5, 0.6) is 0 Å². The van der Waals surface area contributed by atoms with E-state index in [4.69, 9.17) is 9.47 Å². The summed E-state index contributed by atoms with van der Waals surface area (Å²) in [7, 11) is 0. The van der Waals surface area contributed by atoms with Gasteiger partial charge in [-0.05, 0) is 58.6 Å². The Labute approximate surface area is 282 Å². The van der Waals surface area contributed by atoms with Crippen molar-refractivity contribution in [2.45, 2.75) is 90.1 Å². The number of anilines is 1. The first kappa shape index (κ1) is 36.1. The SMILES string of the molecule is CC(C)(C)OC(=O)NC(C)(C)C(=O)NC(COCc1ccccc1)C(=O)Nc1cn(C(C(=O)N2CCCCCC2)c2ccccc2)cn1. The predicted octanol–water partition coefficient (Wildman–Crippen LogP) is 4.82. The van der Waals surface area contributed by atoms with Crippen molar-refractivity contribution in [1.82, 2.24) is 25.1 Å². The van der Waals surface area contributed by atoms with Crippen LogP contribution < -0.4 is 16.0 Å². The van der Waals surface area contributed by atoms with E-state index in [-0.39, 0.29) is 24.9 Å². The highest BCUT2D eigenvalue weighted by atomic mass is 16.6. The number of hydrogen-bond donors (Lipinski definition) is 3. The van der Waals surface area contributed by atoms with Crippen molar-refractivity contribution in [3.05, 3.63) is 84.3 Å². The van der Waals surface area contributed by atoms with Crippen molar-refractivity contribution in [1.29, 1.82) is 0 Å². The molecule has 2 heterocycles. The molecule has 0 aliphatic carbocycles. The second-order valence-corrected chi connectivity index (χ2v) is 13.5. The lowest BCUT2D eigenvalue weighted by Gasteiger charge is -2.29. The van der Waals surface area contributed by atoms with Gasteiger partial charge in [-0.3, -0.25) is 14.4 Å². The molecule has 0 spiro atoms. The smallest absolute Gasteiger partial charge is 0.408 e. The first-order valence-electron chi connectivity index (χ1n) is 16.4. The molecule has 0 bridgehead atoms. The second-order valence-electron chi connectivity index (χ2n) is 13.5. The molecule has 3 aromatic rings. The number of rotatable bonds is 12. The standard InChI is InChI=1S/C36H48N6O6/c1-35(2,3)48-34(46)40-36(4,5)33(45)38-28(24-47-23-26-16-10-8-11-17-26)31(43)39-29-22-42(25-37-29)30(27-18-12-9-13-19-27)32(44)41-20-14-6-7-15-21-41/h8-13,16-19,22,25,28,30H,6-7,14-15,20-21,23-24H2,1-5H3,(H,38,45)(H,39,43)(H,40,46). The molecule has 1 aliphatic heterocycles. The molecule has 1 saturated heterocycles. The lowest BCUT2D eigenvalue weighted by Crippen LogP contribution is -2.59. The van der Waals surface area contributed by atoms with Gasteiger partial charge in [0.05, 0.1) is 19.5 Å². The number of imidazole rings is 1. The van der Waals surface area contributed by atoms with Crippen LogP contribution in [0.1, 0.15) is 77.5 Å². The first-order chi connectivity index (χ1) is 22.8. The van der Waals surface area contributed by atoms with Crippen molar-refractivity contribution < 1.29 is 28.7 Å². The molecule has 2 atom stereocenters. The minimum Gasteiger partial charge on any atom is -0.444 e. The van der Waals surface area contributed by atoms with E-state index in [9.17, 15) is 19.2 Å². The Morgan fingerprint density at radius 2 is 1.50 bits per heavy atom. The molecule has 1 fully saturated rings. The Morgan fingerprint density at radius 1 is 0.875 bits per heavy atom. The zero-order valence-corrected chi connectivity index (χ0v) is 28.5. The third-order valence-electron chi connectivity index (χ3n) is 7.82. The number of nitrogens with one attached hydrogen (secondary N) is 3. The van der Waals surface area contributed by atoms with Crippen LogP contribution >= 0.6 is 0 Å². The minimum absolute atomic E-state index is 0.0300. The summed E-state index contributed by atoms with van der Waals surface area (Å²) in [4.78, 5) is 59.7. The Morgan fingerprint density at radius 3 is 2.12 bits per heavy atom. The Balaban J connectivity index is 1.51. The predicted molar refractivity (Wildman–Crippen MR) is 182 cm³/mol. The normalized spacial score (nSPS) is 15.1. The molecule has 4 amide bonds. The number of carbonyl (C=O) groups is 4. The number of nitrogens with zero attached hydrogens (tertiary/aromatic N) is 3. The van der Waals surface area contributed by atoms with E-state index in [1.54, 1.807) is 31.5 Å². The van der Waals surface area contributed by atoms with Crippen LogP contribution in [0.15, 0.2) is 73.2 Å². The number of amides is 4. The number of ether oxygens (including phenoxy) is 2. The third-order valence-corrected chi connectivity index (χ3v) is 7.82. The van der Waals surface area contributed by atoms with E-state index in [2.05, 4.69) is 20.9 Å². The lowest BCUT2D eigenvalue weighted by atomic mass is 10.0. The van der Waals surface area contributed by atoms with Crippen molar-refractivity contribution in [3.63, 3.8) is 0 Å². The first-order valence-corrected chi connectivity index (χ1v) is 16.4. The summed E-state index contributed by atoms with van der Waals surface area (Å²) in [6.07, 6.45) is 6.49. The van der Waals surface area contributed by atoms with Crippen molar-refractivity contribution >= 4 is 29.6 Å². The summed E-state index contributed by atoms with van der Waals surface area (Å²) < 4.78 is 12.9. The maximum Gasteiger partial charge on any atom is 0.408 e. The summed E-state index contributed by atoms with van der Waals surface area (Å²) in [6.45, 7) is 9.64. The number of carbonyl (C=O) groups excluding carboxylic acids is 4. The van der Waals surface area contributed by atoms with Gasteiger partial charge in [-0.25, -0.2) is 9.78 Å². The fraction of sp³-hybridized carbons (Fsp3) is 0.472. The molecule has 0 radical (unpaired) electrons. The van der Waals surface area contributed by atoms with E-state index < -0.39 is 41.1 Å². The lowest BCUT2D eigenvalue weighted by molar-refractivity contribution is -0.133. The third kappa shape index (κ3) is 10.7. The summed E-state index contributed by atoms with van der Waals surface area (Å²) in [6, 6.07) is 17.1. The van der Waals surface area contributed by atoms with Crippen molar-refractivity contribution in [3.8, 4) is 0 Å². The van der Waals surface area contributed by atoms with Gasteiger partial charge in [-0.1, -0.05) is 73.5 Å². The zero-order valence-electron chi connectivity index (χ0n) is 28.5. The monoisotopic (exact) mass is 660 g/mol. The van der Waals surface area contributed by atoms with Crippen LogP contribution in [0.25, 0.3) is 0 Å². The van der Waals surface area contributed by atoms with Crippen LogP contribution in [0, 0.1) is 0 Å². The van der Waals surface area contributed by atoms with Gasteiger partial charge in [-0.2, -0.15) is 0 Å². The number of aromatic nitrogens is 2. The van der Waals surface area contributed by atoms with Gasteiger partial charge in [0.2, 0.25) is 11.8 Å². The van der Waals surface area contributed by atoms with Crippen molar-refractivity contribution in [2.24, 2.45) is 0 Å². The average molecular weight is 661 g/mol. The molecule has 258 valence electrons. The molecule has 12 nitrogen and oxygen atoms in total. The van der Waals surface area contributed by atoms with E-state index in [0.29, 0.717) is 13.1 Å². The second kappa shape index (κ2) is 16.4. The quantitative estimate of drug-likeness (QED) is 0.253. The molecule has 3 N–H and O–H groups in total. The van der Waals surface area contributed by atoms with Crippen LogP contribution in [0.3, 0.4) is 0 Å². The Kier molecular flexibility index (Phi) is 12.4. The molecule has 1 aliphatic rings. The van der Waals surface area contributed by atoms with Gasteiger partial charge < -0.3 is 34.9 Å². The van der Waals surface area contributed by atoms with Crippen LogP contribution in [-0.2, 0) is 30.5 Å². The summed E-state index contributed by atoms with van der Waals surface area (Å²) in [5.74, 6) is -1.02. The van der Waals surface area contributed by atoms with E-state index in [1.807, 2.05) is 65.6 Å². The zero-order chi connectivity index (χ0) is 34.7. The van der Waals surface area contributed by atoms with Gasteiger partial charge in [-0.15, -0.1) is 0 Å². The number of benzene rings is 2. The molecule has 2 unspecified atom stereocenters. The van der Waals surface area contributed by atoms with E-state index in [0.717, 1.165) is 36.8 Å². The molecule has 0 saturated carbocycles. The Bertz CT molecular complexity index is 1510. The number of alkyl carbamates (subject to hydrolysis) is 1. The molecule has 2 aromatic carbocycles. The van der Waals surface area contributed by atoms with Gasteiger partial charge in [0.1, 0.15) is 23.2 Å². The number of likely N-dealkylation sites (tertiary alicyclic amines) is 1. The van der Waals surface area contributed by atoms with Gasteiger partial charge in [0.15, 0.2) is 5.82 Å². The fourth-order valence-electron chi connectivity index (χ4n) is 5.30. The topological polar surface area (TPSA) is 144 Å². The van der Waals surface area contributed by atoms with Crippen molar-refractivity contribution in [2.75, 3.05) is 25.0 Å². The van der Waals surface area contributed by atoms with E-state index in [1.165, 1.54) is 20.2 Å². The largest absolute Gasteiger partial charge is 0.444 e. The Hall–Kier alpha value is -4.71. The van der Waals surface area contributed by atoms with Crippen LogP contribution in [-0.4, -0.2) is 75.1 Å². The molecular formula is C36H48N6O6. The highest BCUT2D eigenvalue weighted by Gasteiger charge is 2.35. The maximum absolute atomic E-state index is 13.9. The van der Waals surface area contributed by atoms with Gasteiger partial charge in [0, 0.05) is 19.3 Å². The highest BCUT2D eigenvalue weighted by Crippen LogP contribution is 2.24. The summed E-state index contributed by atoms with van der Waals surface area (Å²) in [5.41, 5.74) is -0.473. The molecule has 1 aromatic heterocycles. The van der Waals surface area contributed by atoms with E-state index >= 15 is 0 Å². The molecule has 48 heavy (non-hydrogen) atoms. The molecule has 12 heteroatoms. The average Bonchev–Trinajstić information content (AvgIpc) is 3.30. The number of hydrogen-bond acceptors (Lipinski definition) is 7. The minimum atomic E-state index is -1.42. The fourth-order valence-corrected chi connectivity index (χ4v) is 5.30. The maximum atomic E-state index is 13.9. The summed E-state index contributed by atoms with van der Waals surface area (Å²) >= 11 is 0. The molecular weight excluding hydrogens is 612 g/mol. The van der Waals surface area contributed by atoms with Crippen LogP contribution in [0.2, 0.25) is 0 Å². The molecule has 4 rings (SSSR count). The van der Waals surface area contributed by atoms with Gasteiger partial charge >= 0.3 is 6.09 Å².